The number of rotatable bonds is 9. The predicted octanol–water partition coefficient (Wildman–Crippen LogP) is 20.2. The van der Waals surface area contributed by atoms with Gasteiger partial charge in [0.05, 0.1) is 44.5 Å². The fourth-order valence-corrected chi connectivity index (χ4v) is 12.7. The molecule has 3 heterocycles. The Morgan fingerprint density at radius 1 is 0.190 bits per heavy atom. The second-order valence-electron chi connectivity index (χ2n) is 20.5. The van der Waals surface area contributed by atoms with Gasteiger partial charge in [-0.05, 0) is 144 Å². The van der Waals surface area contributed by atoms with Crippen molar-refractivity contribution in [3.05, 3.63) is 297 Å². The summed E-state index contributed by atoms with van der Waals surface area (Å²) in [5, 5.41) is 11.9. The number of benzene rings is 13. The van der Waals surface area contributed by atoms with Crippen LogP contribution in [0.25, 0.3) is 104 Å². The summed E-state index contributed by atoms with van der Waals surface area (Å²) in [6.45, 7) is 0. The molecule has 0 saturated carbocycles. The Bertz CT molecular complexity index is 4720. The van der Waals surface area contributed by atoms with E-state index in [1.54, 1.807) is 0 Å². The molecule has 0 amide bonds. The van der Waals surface area contributed by atoms with Crippen LogP contribution in [0.15, 0.2) is 297 Å². The molecule has 3 aromatic heterocycles. The van der Waals surface area contributed by atoms with E-state index < -0.39 is 0 Å². The van der Waals surface area contributed by atoms with E-state index in [2.05, 4.69) is 321 Å². The summed E-state index contributed by atoms with van der Waals surface area (Å²) in [6, 6.07) is 109. The third-order valence-corrected chi connectivity index (χ3v) is 16.1. The predicted molar refractivity (Wildman–Crippen MR) is 334 cm³/mol. The van der Waals surface area contributed by atoms with Gasteiger partial charge < -0.3 is 23.5 Å². The highest BCUT2D eigenvalue weighted by Crippen LogP contribution is 2.47. The largest absolute Gasteiger partial charge is 0.310 e. The molecule has 5 nitrogen and oxygen atoms in total. The normalized spacial score (nSPS) is 11.8. The summed E-state index contributed by atoms with van der Waals surface area (Å²) in [7, 11) is 0. The van der Waals surface area contributed by atoms with Crippen LogP contribution < -0.4 is 9.80 Å². The van der Waals surface area contributed by atoms with E-state index in [9.17, 15) is 0 Å². The van der Waals surface area contributed by atoms with Crippen molar-refractivity contribution in [1.82, 2.24) is 13.7 Å². The molecule has 0 radical (unpaired) electrons. The summed E-state index contributed by atoms with van der Waals surface area (Å²) in [5.74, 6) is 0. The molecule has 0 fully saturated rings. The maximum atomic E-state index is 2.47. The van der Waals surface area contributed by atoms with Crippen LogP contribution in [0.1, 0.15) is 0 Å². The zero-order valence-electron chi connectivity index (χ0n) is 43.0. The van der Waals surface area contributed by atoms with Gasteiger partial charge in [0.2, 0.25) is 0 Å². The van der Waals surface area contributed by atoms with Crippen LogP contribution >= 0.6 is 0 Å². The van der Waals surface area contributed by atoms with Gasteiger partial charge in [0, 0.05) is 82.9 Å². The lowest BCUT2D eigenvalue weighted by Gasteiger charge is -2.27. The molecule has 0 aliphatic carbocycles. The average molecular weight is 1010 g/mol. The lowest BCUT2D eigenvalue weighted by Crippen LogP contribution is -2.10. The summed E-state index contributed by atoms with van der Waals surface area (Å²) >= 11 is 0. The van der Waals surface area contributed by atoms with Gasteiger partial charge in [-0.2, -0.15) is 0 Å². The Balaban J connectivity index is 0.947. The highest BCUT2D eigenvalue weighted by Gasteiger charge is 2.24. The van der Waals surface area contributed by atoms with Crippen molar-refractivity contribution < 1.29 is 0 Å². The van der Waals surface area contributed by atoms with E-state index in [0.29, 0.717) is 0 Å². The maximum absolute atomic E-state index is 2.47. The standard InChI is InChI=1S/C74H49N5/c1-4-24-52(25-5-1)77-69-34-16-14-32-61(69)63-46-55(38-42-71(63)77)75(67-36-18-22-50-20-10-12-30-59(50)67)57-40-44-73-65(48-57)66-49-58(41-45-74(66)79(73)54-28-8-3-9-29-54)76(68-37-19-23-51-21-11-13-31-60(51)68)56-39-43-72-64(47-56)62-33-15-17-35-70(62)78(72)53-26-6-2-7-27-53/h1-49H. The maximum Gasteiger partial charge on any atom is 0.0542 e. The number of nitrogens with zero attached hydrogens (tertiary/aromatic N) is 5. The Morgan fingerprint density at radius 3 is 0.810 bits per heavy atom. The molecule has 0 saturated heterocycles. The lowest BCUT2D eigenvalue weighted by atomic mass is 10.0. The van der Waals surface area contributed by atoms with E-state index in [0.717, 1.165) is 73.0 Å². The number of anilines is 6. The fraction of sp³-hybridized carbons (Fsp3) is 0. The summed E-state index contributed by atoms with van der Waals surface area (Å²) in [5.41, 5.74) is 16.9. The SMILES string of the molecule is c1ccc(-n2c3ccccc3c3cc(N(c4ccc5c(c4)c4cc(N(c6ccc7c(c6)c6ccccc6n7-c6ccccc6)c6cccc7ccccc67)ccc4n5-c4ccccc4)c4cccc5ccccc45)ccc32)cc1. The molecule has 370 valence electrons. The lowest BCUT2D eigenvalue weighted by molar-refractivity contribution is 1.18. The van der Waals surface area contributed by atoms with Crippen molar-refractivity contribution in [2.75, 3.05) is 9.80 Å². The quantitative estimate of drug-likeness (QED) is 0.144. The van der Waals surface area contributed by atoms with Gasteiger partial charge >= 0.3 is 0 Å². The van der Waals surface area contributed by atoms with Gasteiger partial charge in [-0.15, -0.1) is 0 Å². The minimum atomic E-state index is 1.07. The monoisotopic (exact) mass is 1010 g/mol. The van der Waals surface area contributed by atoms with Crippen LogP contribution in [0.3, 0.4) is 0 Å². The topological polar surface area (TPSA) is 21.3 Å². The molecular weight excluding hydrogens is 959 g/mol. The van der Waals surface area contributed by atoms with Crippen LogP contribution in [0, 0.1) is 0 Å². The third-order valence-electron chi connectivity index (χ3n) is 16.1. The molecule has 0 aliphatic rings. The smallest absolute Gasteiger partial charge is 0.0542 e. The van der Waals surface area contributed by atoms with Crippen molar-refractivity contribution in [3.8, 4) is 17.1 Å². The van der Waals surface area contributed by atoms with Crippen LogP contribution in [-0.2, 0) is 0 Å². The second-order valence-corrected chi connectivity index (χ2v) is 20.5. The van der Waals surface area contributed by atoms with Crippen LogP contribution in [0.2, 0.25) is 0 Å². The van der Waals surface area contributed by atoms with E-state index >= 15 is 0 Å². The number of aromatic nitrogens is 3. The molecular formula is C74H49N5. The summed E-state index contributed by atoms with van der Waals surface area (Å²) < 4.78 is 7.21. The first-order valence-corrected chi connectivity index (χ1v) is 27.1. The summed E-state index contributed by atoms with van der Waals surface area (Å²) in [6.07, 6.45) is 0. The Morgan fingerprint density at radius 2 is 0.456 bits per heavy atom. The van der Waals surface area contributed by atoms with Gasteiger partial charge in [-0.3, -0.25) is 0 Å². The van der Waals surface area contributed by atoms with Crippen LogP contribution in [0.5, 0.6) is 0 Å². The Labute approximate surface area is 456 Å². The van der Waals surface area contributed by atoms with E-state index in [-0.39, 0.29) is 0 Å². The van der Waals surface area contributed by atoms with Gasteiger partial charge in [-0.1, -0.05) is 164 Å². The van der Waals surface area contributed by atoms with Gasteiger partial charge in [0.15, 0.2) is 0 Å². The zero-order valence-corrected chi connectivity index (χ0v) is 43.0. The number of fused-ring (bicyclic) bond motifs is 11. The summed E-state index contributed by atoms with van der Waals surface area (Å²) in [4.78, 5) is 4.93. The first-order chi connectivity index (χ1) is 39.2. The number of hydrogen-bond donors (Lipinski definition) is 0. The zero-order chi connectivity index (χ0) is 52.0. The fourth-order valence-electron chi connectivity index (χ4n) is 12.7. The van der Waals surface area contributed by atoms with Crippen molar-refractivity contribution in [1.29, 1.82) is 0 Å². The molecule has 16 rings (SSSR count). The highest BCUT2D eigenvalue weighted by atomic mass is 15.2. The van der Waals surface area contributed by atoms with Crippen molar-refractivity contribution in [2.45, 2.75) is 0 Å². The molecule has 5 heteroatoms. The third kappa shape index (κ3) is 7.10. The van der Waals surface area contributed by atoms with E-state index in [4.69, 9.17) is 0 Å². The number of hydrogen-bond acceptors (Lipinski definition) is 2. The molecule has 0 N–H and O–H groups in total. The minimum Gasteiger partial charge on any atom is -0.310 e. The van der Waals surface area contributed by atoms with Crippen molar-refractivity contribution in [3.63, 3.8) is 0 Å². The van der Waals surface area contributed by atoms with Gasteiger partial charge in [-0.25, -0.2) is 0 Å². The molecule has 79 heavy (non-hydrogen) atoms. The highest BCUT2D eigenvalue weighted by molar-refractivity contribution is 6.16. The molecule has 0 unspecified atom stereocenters. The van der Waals surface area contributed by atoms with Gasteiger partial charge in [0.1, 0.15) is 0 Å². The minimum absolute atomic E-state index is 1.07. The number of para-hydroxylation sites is 5. The van der Waals surface area contributed by atoms with Crippen LogP contribution in [-0.4, -0.2) is 13.7 Å². The molecule has 13 aromatic carbocycles. The van der Waals surface area contributed by atoms with Crippen molar-refractivity contribution in [2.24, 2.45) is 0 Å². The molecule has 0 aliphatic heterocycles. The molecule has 16 aromatic rings. The average Bonchev–Trinajstić information content (AvgIpc) is 4.37. The van der Waals surface area contributed by atoms with Crippen LogP contribution in [0.4, 0.5) is 34.1 Å². The second kappa shape index (κ2) is 18.0. The molecule has 0 atom stereocenters. The molecule has 0 spiro atoms. The Kier molecular flexibility index (Phi) is 10.2. The van der Waals surface area contributed by atoms with E-state index in [1.807, 2.05) is 0 Å². The van der Waals surface area contributed by atoms with Gasteiger partial charge in [0.25, 0.3) is 0 Å². The van der Waals surface area contributed by atoms with Crippen molar-refractivity contribution >= 4 is 121 Å². The first kappa shape index (κ1) is 44.7. The van der Waals surface area contributed by atoms with E-state index in [1.165, 1.54) is 65.2 Å². The first-order valence-electron chi connectivity index (χ1n) is 27.1. The Hall–Kier alpha value is -10.6. The molecule has 0 bridgehead atoms.